The van der Waals surface area contributed by atoms with Crippen molar-refractivity contribution >= 4 is 17.9 Å². The van der Waals surface area contributed by atoms with Crippen LogP contribution in [-0.2, 0) is 19.1 Å². The number of hydrogen-bond acceptors (Lipinski definition) is 5. The Morgan fingerprint density at radius 2 is 1.40 bits per heavy atom. The average molecular weight is 357 g/mol. The van der Waals surface area contributed by atoms with Gasteiger partial charge < -0.3 is 25.0 Å². The Morgan fingerprint density at radius 1 is 0.920 bits per heavy atom. The Hall–Kier alpha value is -2.35. The van der Waals surface area contributed by atoms with Crippen LogP contribution in [0.4, 0.5) is 0 Å². The lowest BCUT2D eigenvalue weighted by atomic mass is 9.93. The van der Waals surface area contributed by atoms with Crippen molar-refractivity contribution in [2.24, 2.45) is 0 Å². The minimum Gasteiger partial charge on any atom is -0.497 e. The summed E-state index contributed by atoms with van der Waals surface area (Å²) >= 11 is 0. The molecule has 0 saturated heterocycles. The number of carboxylic acid groups (broad SMARTS) is 3. The lowest BCUT2D eigenvalue weighted by molar-refractivity contribution is -0.138. The summed E-state index contributed by atoms with van der Waals surface area (Å²) < 4.78 is 4.97. The first-order valence-corrected chi connectivity index (χ1v) is 8.14. The fourth-order valence-corrected chi connectivity index (χ4v) is 2.34. The number of ether oxygens (including phenoxy) is 1. The predicted molar refractivity (Wildman–Crippen MR) is 91.3 cm³/mol. The van der Waals surface area contributed by atoms with Crippen molar-refractivity contribution < 1.29 is 34.4 Å². The highest BCUT2D eigenvalue weighted by atomic mass is 16.5. The Bertz CT molecular complexity index is 528. The molecule has 25 heavy (non-hydrogen) atoms. The van der Waals surface area contributed by atoms with Crippen LogP contribution in [0.15, 0.2) is 23.0 Å². The van der Waals surface area contributed by atoms with Gasteiger partial charge in [0.15, 0.2) is 0 Å². The van der Waals surface area contributed by atoms with Gasteiger partial charge in [-0.1, -0.05) is 20.8 Å². The molecule has 142 valence electrons. The van der Waals surface area contributed by atoms with Gasteiger partial charge in [0, 0.05) is 5.57 Å². The largest absolute Gasteiger partial charge is 0.497 e. The molecule has 0 aromatic rings. The van der Waals surface area contributed by atoms with Gasteiger partial charge >= 0.3 is 17.9 Å². The van der Waals surface area contributed by atoms with Crippen molar-refractivity contribution in [2.75, 3.05) is 26.2 Å². The van der Waals surface area contributed by atoms with Crippen molar-refractivity contribution in [3.63, 3.8) is 0 Å². The number of hydrogen-bond donors (Lipinski definition) is 3. The molecule has 8 nitrogen and oxygen atoms in total. The second-order valence-corrected chi connectivity index (χ2v) is 5.37. The van der Waals surface area contributed by atoms with E-state index >= 15 is 0 Å². The van der Waals surface area contributed by atoms with E-state index in [0.717, 1.165) is 0 Å². The number of aliphatic carboxylic acids is 3. The van der Waals surface area contributed by atoms with Gasteiger partial charge in [0.1, 0.15) is 6.61 Å². The summed E-state index contributed by atoms with van der Waals surface area (Å²) in [5, 5.41) is 26.2. The standard InChI is InChI=1S/C11H12O7.C6H15N/c12-9(13)1-6-4-18-5-7(2-10(14)15)8(6)3-11(16)17;1-4-7(5-2)6-3/h4H,1-3,5H2,(H,12,13)(H,14,15)(H,16,17);4-6H2,1-3H3. The van der Waals surface area contributed by atoms with E-state index in [9.17, 15) is 14.4 Å². The van der Waals surface area contributed by atoms with Gasteiger partial charge in [-0.25, -0.2) is 0 Å². The molecule has 1 aliphatic heterocycles. The monoisotopic (exact) mass is 357 g/mol. The van der Waals surface area contributed by atoms with Gasteiger partial charge in [-0.2, -0.15) is 0 Å². The first kappa shape index (κ1) is 22.6. The van der Waals surface area contributed by atoms with E-state index in [0.29, 0.717) is 5.57 Å². The summed E-state index contributed by atoms with van der Waals surface area (Å²) in [6.45, 7) is 10.1. The second-order valence-electron chi connectivity index (χ2n) is 5.37. The number of nitrogens with zero attached hydrogens (tertiary/aromatic N) is 1. The Balaban J connectivity index is 0.000000697. The van der Waals surface area contributed by atoms with Crippen molar-refractivity contribution in [2.45, 2.75) is 40.0 Å². The third-order valence-electron chi connectivity index (χ3n) is 3.67. The maximum atomic E-state index is 10.7. The van der Waals surface area contributed by atoms with Crippen LogP contribution in [0, 0.1) is 0 Å². The van der Waals surface area contributed by atoms with Crippen LogP contribution in [0.3, 0.4) is 0 Å². The second kappa shape index (κ2) is 12.1. The third kappa shape index (κ3) is 9.51. The molecular formula is C17H27NO7. The fraction of sp³-hybridized carbons (Fsp3) is 0.588. The van der Waals surface area contributed by atoms with E-state index in [4.69, 9.17) is 20.1 Å². The number of carbonyl (C=O) groups is 3. The van der Waals surface area contributed by atoms with Gasteiger partial charge in [0.05, 0.1) is 25.5 Å². The van der Waals surface area contributed by atoms with Crippen molar-refractivity contribution in [3.8, 4) is 0 Å². The van der Waals surface area contributed by atoms with E-state index in [1.165, 1.54) is 25.9 Å². The molecule has 0 spiro atoms. The van der Waals surface area contributed by atoms with E-state index in [1.807, 2.05) is 0 Å². The molecule has 0 amide bonds. The van der Waals surface area contributed by atoms with E-state index in [1.54, 1.807) is 0 Å². The highest BCUT2D eigenvalue weighted by Gasteiger charge is 2.22. The Morgan fingerprint density at radius 3 is 1.76 bits per heavy atom. The lowest BCUT2D eigenvalue weighted by Crippen LogP contribution is -2.21. The van der Waals surface area contributed by atoms with Crippen LogP contribution in [-0.4, -0.2) is 64.4 Å². The summed E-state index contributed by atoms with van der Waals surface area (Å²) in [6.07, 6.45) is 0.00807. The summed E-state index contributed by atoms with van der Waals surface area (Å²) in [7, 11) is 0. The molecule has 0 bridgehead atoms. The first-order chi connectivity index (χ1) is 11.7. The zero-order valence-corrected chi connectivity index (χ0v) is 14.9. The molecule has 8 heteroatoms. The SMILES string of the molecule is CCN(CC)CC.O=C(O)CC1=COCC(CC(=O)O)=C1CC(=O)O. The summed E-state index contributed by atoms with van der Waals surface area (Å²) in [6, 6.07) is 0. The van der Waals surface area contributed by atoms with E-state index < -0.39 is 30.7 Å². The minimum absolute atomic E-state index is 0.0297. The minimum atomic E-state index is -1.15. The fourth-order valence-electron chi connectivity index (χ4n) is 2.34. The smallest absolute Gasteiger partial charge is 0.307 e. The number of carboxylic acids is 3. The molecule has 0 atom stereocenters. The molecule has 0 fully saturated rings. The first-order valence-electron chi connectivity index (χ1n) is 8.14. The van der Waals surface area contributed by atoms with Crippen LogP contribution in [0.5, 0.6) is 0 Å². The highest BCUT2D eigenvalue weighted by molar-refractivity contribution is 5.78. The Labute approximate surface area is 147 Å². The molecule has 0 saturated carbocycles. The van der Waals surface area contributed by atoms with Crippen LogP contribution in [0.25, 0.3) is 0 Å². The zero-order valence-electron chi connectivity index (χ0n) is 14.9. The van der Waals surface area contributed by atoms with Crippen LogP contribution in [0.1, 0.15) is 40.0 Å². The Kier molecular flexibility index (Phi) is 10.9. The normalized spacial score (nSPS) is 13.5. The lowest BCUT2D eigenvalue weighted by Gasteiger charge is -2.20. The van der Waals surface area contributed by atoms with Crippen LogP contribution >= 0.6 is 0 Å². The van der Waals surface area contributed by atoms with Gasteiger partial charge in [-0.05, 0) is 30.8 Å². The predicted octanol–water partition coefficient (Wildman–Crippen LogP) is 1.97. The number of rotatable bonds is 9. The van der Waals surface area contributed by atoms with Gasteiger partial charge in [-0.3, -0.25) is 14.4 Å². The topological polar surface area (TPSA) is 124 Å². The third-order valence-corrected chi connectivity index (χ3v) is 3.67. The molecule has 0 radical (unpaired) electrons. The zero-order chi connectivity index (χ0) is 19.4. The quantitative estimate of drug-likeness (QED) is 0.572. The van der Waals surface area contributed by atoms with Crippen LogP contribution < -0.4 is 0 Å². The van der Waals surface area contributed by atoms with E-state index in [-0.39, 0.29) is 24.2 Å². The molecule has 1 heterocycles. The maximum Gasteiger partial charge on any atom is 0.307 e. The van der Waals surface area contributed by atoms with Gasteiger partial charge in [-0.15, -0.1) is 0 Å². The molecule has 1 rings (SSSR count). The molecule has 0 aliphatic carbocycles. The van der Waals surface area contributed by atoms with Gasteiger partial charge in [0.25, 0.3) is 0 Å². The molecule has 1 aliphatic rings. The summed E-state index contributed by atoms with van der Waals surface area (Å²) in [4.78, 5) is 34.4. The maximum absolute atomic E-state index is 10.7. The summed E-state index contributed by atoms with van der Waals surface area (Å²) in [5.74, 6) is -3.40. The van der Waals surface area contributed by atoms with Crippen molar-refractivity contribution in [1.29, 1.82) is 0 Å². The van der Waals surface area contributed by atoms with E-state index in [2.05, 4.69) is 25.7 Å². The van der Waals surface area contributed by atoms with Crippen LogP contribution in [0.2, 0.25) is 0 Å². The molecule has 0 unspecified atom stereocenters. The highest BCUT2D eigenvalue weighted by Crippen LogP contribution is 2.28. The molecule has 0 aromatic heterocycles. The molecule has 0 aromatic carbocycles. The molecular weight excluding hydrogens is 330 g/mol. The summed E-state index contributed by atoms with van der Waals surface area (Å²) in [5.41, 5.74) is 0.731. The molecule has 3 N–H and O–H groups in total. The van der Waals surface area contributed by atoms with Crippen molar-refractivity contribution in [1.82, 2.24) is 4.90 Å². The average Bonchev–Trinajstić information content (AvgIpc) is 2.51. The van der Waals surface area contributed by atoms with Gasteiger partial charge in [0.2, 0.25) is 0 Å². The van der Waals surface area contributed by atoms with Crippen molar-refractivity contribution in [3.05, 3.63) is 23.0 Å².